The molecule has 168 valence electrons. The third-order valence-corrected chi connectivity index (χ3v) is 6.84. The Bertz CT molecular complexity index is 1050. The smallest absolute Gasteiger partial charge is 0.243 e. The summed E-state index contributed by atoms with van der Waals surface area (Å²) in [4.78, 5) is 0.253. The van der Waals surface area contributed by atoms with Gasteiger partial charge in [0.25, 0.3) is 0 Å². The Morgan fingerprint density at radius 3 is 1.94 bits per heavy atom. The van der Waals surface area contributed by atoms with Gasteiger partial charge in [-0.05, 0) is 56.2 Å². The van der Waals surface area contributed by atoms with Crippen LogP contribution in [0.5, 0.6) is 0 Å². The quantitative estimate of drug-likeness (QED) is 0.263. The van der Waals surface area contributed by atoms with Crippen LogP contribution in [0.1, 0.15) is 18.4 Å². The summed E-state index contributed by atoms with van der Waals surface area (Å²) < 4.78 is 27.9. The van der Waals surface area contributed by atoms with Gasteiger partial charge < -0.3 is 5.11 Å². The first kappa shape index (κ1) is 23.7. The molecule has 0 radical (unpaired) electrons. The minimum Gasteiger partial charge on any atom is -0.396 e. The lowest BCUT2D eigenvalue weighted by Crippen LogP contribution is -2.34. The summed E-state index contributed by atoms with van der Waals surface area (Å²) in [5.41, 5.74) is 2.75. The van der Waals surface area contributed by atoms with Crippen molar-refractivity contribution in [1.82, 2.24) is 4.31 Å². The Labute approximate surface area is 190 Å². The van der Waals surface area contributed by atoms with E-state index in [0.717, 1.165) is 16.9 Å². The van der Waals surface area contributed by atoms with Gasteiger partial charge in [-0.2, -0.15) is 9.41 Å². The van der Waals surface area contributed by atoms with E-state index < -0.39 is 10.0 Å². The van der Waals surface area contributed by atoms with E-state index in [1.807, 2.05) is 67.6 Å². The van der Waals surface area contributed by atoms with E-state index in [1.165, 1.54) is 4.31 Å². The van der Waals surface area contributed by atoms with Crippen molar-refractivity contribution in [2.75, 3.05) is 24.7 Å². The van der Waals surface area contributed by atoms with Gasteiger partial charge in [0.1, 0.15) is 0 Å². The first-order chi connectivity index (χ1) is 15.5. The molecular weight excluding hydrogens is 422 g/mol. The molecule has 3 aromatic rings. The van der Waals surface area contributed by atoms with Crippen LogP contribution in [0.3, 0.4) is 0 Å². The molecule has 0 aromatic heterocycles. The molecule has 0 aliphatic rings. The van der Waals surface area contributed by atoms with E-state index in [2.05, 4.69) is 5.10 Å². The number of benzene rings is 3. The zero-order chi connectivity index (χ0) is 22.8. The monoisotopic (exact) mass is 451 g/mol. The van der Waals surface area contributed by atoms with Crippen LogP contribution < -0.4 is 5.01 Å². The zero-order valence-electron chi connectivity index (χ0n) is 18.2. The average molecular weight is 452 g/mol. The maximum atomic E-state index is 13.2. The fourth-order valence-electron chi connectivity index (χ4n) is 3.20. The number of hydrazone groups is 1. The number of aliphatic hydroxyl groups is 1. The van der Waals surface area contributed by atoms with E-state index in [1.54, 1.807) is 35.5 Å². The molecule has 6 nitrogen and oxygen atoms in total. The Kier molecular flexibility index (Phi) is 8.56. The molecule has 0 atom stereocenters. The highest BCUT2D eigenvalue weighted by Gasteiger charge is 2.23. The summed E-state index contributed by atoms with van der Waals surface area (Å²) in [5.74, 6) is 0. The highest BCUT2D eigenvalue weighted by atomic mass is 32.2. The molecule has 0 aliphatic heterocycles. The standard InChI is InChI=1S/C25H29N3O3S/c1-22-14-16-25(17-15-22)32(30,31)27(19-8-9-21-29)20-18-26-28(23-10-4-2-5-11-23)24-12-6-3-7-13-24/h2-7,10-18,29H,8-9,19-21H2,1H3/b26-18+. The molecule has 0 heterocycles. The predicted molar refractivity (Wildman–Crippen MR) is 130 cm³/mol. The number of sulfonamides is 1. The van der Waals surface area contributed by atoms with Crippen LogP contribution in [0.25, 0.3) is 0 Å². The van der Waals surface area contributed by atoms with E-state index in [4.69, 9.17) is 5.11 Å². The second-order valence-corrected chi connectivity index (χ2v) is 9.33. The molecule has 0 spiro atoms. The van der Waals surface area contributed by atoms with Gasteiger partial charge in [-0.1, -0.05) is 54.1 Å². The summed E-state index contributed by atoms with van der Waals surface area (Å²) in [7, 11) is -3.68. The molecule has 0 bridgehead atoms. The molecule has 0 aliphatic carbocycles. The van der Waals surface area contributed by atoms with Gasteiger partial charge >= 0.3 is 0 Å². The van der Waals surface area contributed by atoms with E-state index >= 15 is 0 Å². The second-order valence-electron chi connectivity index (χ2n) is 7.39. The van der Waals surface area contributed by atoms with Gasteiger partial charge in [-0.3, -0.25) is 0 Å². The lowest BCUT2D eigenvalue weighted by Gasteiger charge is -2.22. The van der Waals surface area contributed by atoms with Crippen molar-refractivity contribution < 1.29 is 13.5 Å². The SMILES string of the molecule is Cc1ccc(S(=O)(=O)N(C/C=N/N(c2ccccc2)c2ccccc2)CCCCO)cc1. The molecule has 0 saturated carbocycles. The van der Waals surface area contributed by atoms with Crippen LogP contribution in [0.4, 0.5) is 11.4 Å². The molecule has 0 fully saturated rings. The predicted octanol–water partition coefficient (Wildman–Crippen LogP) is 4.58. The molecular formula is C25H29N3O3S. The highest BCUT2D eigenvalue weighted by molar-refractivity contribution is 7.89. The zero-order valence-corrected chi connectivity index (χ0v) is 19.0. The van der Waals surface area contributed by atoms with Gasteiger partial charge in [0.2, 0.25) is 10.0 Å². The van der Waals surface area contributed by atoms with Gasteiger partial charge in [-0.15, -0.1) is 0 Å². The van der Waals surface area contributed by atoms with Crippen LogP contribution in [0.15, 0.2) is 94.9 Å². The van der Waals surface area contributed by atoms with Crippen molar-refractivity contribution in [1.29, 1.82) is 0 Å². The number of anilines is 2. The van der Waals surface area contributed by atoms with Crippen molar-refractivity contribution in [2.24, 2.45) is 5.10 Å². The number of hydrogen-bond acceptors (Lipinski definition) is 5. The third-order valence-electron chi connectivity index (χ3n) is 4.96. The van der Waals surface area contributed by atoms with Crippen LogP contribution in [-0.4, -0.2) is 43.7 Å². The van der Waals surface area contributed by atoms with E-state index in [9.17, 15) is 8.42 Å². The number of hydrogen-bond donors (Lipinski definition) is 1. The minimum atomic E-state index is -3.68. The summed E-state index contributed by atoms with van der Waals surface area (Å²) in [6.07, 6.45) is 2.72. The molecule has 0 amide bonds. The number of unbranched alkanes of at least 4 members (excludes halogenated alkanes) is 1. The number of aliphatic hydroxyl groups excluding tert-OH is 1. The van der Waals surface area contributed by atoms with Gasteiger partial charge in [0, 0.05) is 19.4 Å². The molecule has 3 rings (SSSR count). The van der Waals surface area contributed by atoms with Crippen LogP contribution >= 0.6 is 0 Å². The minimum absolute atomic E-state index is 0.0301. The van der Waals surface area contributed by atoms with Crippen molar-refractivity contribution >= 4 is 27.6 Å². The normalized spacial score (nSPS) is 11.8. The third kappa shape index (κ3) is 6.26. The molecule has 3 aromatic carbocycles. The summed E-state index contributed by atoms with van der Waals surface area (Å²) in [6, 6.07) is 26.3. The topological polar surface area (TPSA) is 73.2 Å². The Balaban J connectivity index is 1.85. The van der Waals surface area contributed by atoms with Crippen molar-refractivity contribution in [3.63, 3.8) is 0 Å². The second kappa shape index (κ2) is 11.6. The Morgan fingerprint density at radius 1 is 0.844 bits per heavy atom. The lowest BCUT2D eigenvalue weighted by atomic mass is 10.2. The molecule has 7 heteroatoms. The molecule has 0 unspecified atom stereocenters. The van der Waals surface area contributed by atoms with Gasteiger partial charge in [-0.25, -0.2) is 13.4 Å². The largest absolute Gasteiger partial charge is 0.396 e. The summed E-state index contributed by atoms with van der Waals surface area (Å²) in [5, 5.41) is 15.5. The van der Waals surface area contributed by atoms with Crippen LogP contribution in [0.2, 0.25) is 0 Å². The summed E-state index contributed by atoms with van der Waals surface area (Å²) >= 11 is 0. The maximum Gasteiger partial charge on any atom is 0.243 e. The number of para-hydroxylation sites is 2. The average Bonchev–Trinajstić information content (AvgIpc) is 2.82. The fraction of sp³-hybridized carbons (Fsp3) is 0.240. The van der Waals surface area contributed by atoms with Gasteiger partial charge in [0.15, 0.2) is 0 Å². The first-order valence-electron chi connectivity index (χ1n) is 10.6. The van der Waals surface area contributed by atoms with Crippen molar-refractivity contribution in [3.05, 3.63) is 90.5 Å². The van der Waals surface area contributed by atoms with Crippen LogP contribution in [0, 0.1) is 6.92 Å². The fourth-order valence-corrected chi connectivity index (χ4v) is 4.61. The first-order valence-corrected chi connectivity index (χ1v) is 12.1. The van der Waals surface area contributed by atoms with E-state index in [0.29, 0.717) is 19.4 Å². The van der Waals surface area contributed by atoms with E-state index in [-0.39, 0.29) is 18.0 Å². The maximum absolute atomic E-state index is 13.2. The van der Waals surface area contributed by atoms with Crippen molar-refractivity contribution in [2.45, 2.75) is 24.7 Å². The lowest BCUT2D eigenvalue weighted by molar-refractivity contribution is 0.278. The van der Waals surface area contributed by atoms with Crippen LogP contribution in [-0.2, 0) is 10.0 Å². The Morgan fingerprint density at radius 2 is 1.41 bits per heavy atom. The molecule has 0 saturated heterocycles. The Hall–Kier alpha value is -3.00. The molecule has 1 N–H and O–H groups in total. The highest BCUT2D eigenvalue weighted by Crippen LogP contribution is 2.25. The molecule has 32 heavy (non-hydrogen) atoms. The summed E-state index contributed by atoms with van der Waals surface area (Å²) in [6.45, 7) is 2.38. The van der Waals surface area contributed by atoms with Crippen molar-refractivity contribution in [3.8, 4) is 0 Å². The number of nitrogens with zero attached hydrogens (tertiary/aromatic N) is 3. The number of aryl methyl sites for hydroxylation is 1. The van der Waals surface area contributed by atoms with Gasteiger partial charge in [0.05, 0.1) is 22.8 Å². The number of rotatable bonds is 11.